The largest absolute Gasteiger partial charge is 0.481 e. The van der Waals surface area contributed by atoms with Gasteiger partial charge in [0.15, 0.2) is 0 Å². The molecule has 0 saturated carbocycles. The molecular weight excluding hydrogens is 368 g/mol. The zero-order valence-electron chi connectivity index (χ0n) is 14.3. The Morgan fingerprint density at radius 1 is 0.778 bits per heavy atom. The van der Waals surface area contributed by atoms with Gasteiger partial charge in [-0.05, 0) is 12.8 Å². The summed E-state index contributed by atoms with van der Waals surface area (Å²) in [7, 11) is 0. The second kappa shape index (κ2) is 12.2. The molecule has 0 radical (unpaired) electrons. The fourth-order valence-electron chi connectivity index (χ4n) is 1.83. The molecule has 0 fully saturated rings. The number of aliphatic carboxylic acids is 3. The van der Waals surface area contributed by atoms with E-state index in [0.29, 0.717) is 0 Å². The van der Waals surface area contributed by atoms with Crippen LogP contribution in [-0.4, -0.2) is 76.1 Å². The van der Waals surface area contributed by atoms with Gasteiger partial charge in [-0.1, -0.05) is 0 Å². The Hall–Kier alpha value is -3.22. The first-order valence-corrected chi connectivity index (χ1v) is 7.79. The van der Waals surface area contributed by atoms with Crippen molar-refractivity contribution in [2.45, 2.75) is 37.8 Å². The van der Waals surface area contributed by atoms with Gasteiger partial charge in [0.1, 0.15) is 12.1 Å². The third-order valence-corrected chi connectivity index (χ3v) is 3.19. The summed E-state index contributed by atoms with van der Waals surface area (Å²) in [5.74, 6) is -6.44. The normalized spacial score (nSPS) is 12.3. The summed E-state index contributed by atoms with van der Waals surface area (Å²) in [5, 5.41) is 32.8. The second-order valence-electron chi connectivity index (χ2n) is 5.37. The summed E-state index contributed by atoms with van der Waals surface area (Å²) >= 11 is 0. The fraction of sp³-hybridized carbons (Fsp3) is 0.571. The van der Waals surface area contributed by atoms with Crippen LogP contribution in [0.25, 0.3) is 0 Å². The van der Waals surface area contributed by atoms with Crippen molar-refractivity contribution < 1.29 is 44.1 Å². The lowest BCUT2D eigenvalue weighted by molar-refractivity contribution is -0.144. The molecule has 3 amide bonds. The first-order chi connectivity index (χ1) is 12.6. The smallest absolute Gasteiger partial charge is 0.326 e. The molecular formula is C14H22N4O9. The highest BCUT2D eigenvalue weighted by Crippen LogP contribution is 2.03. The van der Waals surface area contributed by atoms with Crippen LogP contribution < -0.4 is 21.7 Å². The number of hydrogen-bond donors (Lipinski definition) is 7. The number of nitrogens with two attached hydrogens (primary N) is 1. The van der Waals surface area contributed by atoms with Gasteiger partial charge in [0.2, 0.25) is 17.7 Å². The minimum atomic E-state index is -1.53. The van der Waals surface area contributed by atoms with Gasteiger partial charge in [0.25, 0.3) is 0 Å². The number of nitrogens with one attached hydrogen (secondary N) is 3. The Morgan fingerprint density at radius 2 is 1.30 bits per heavy atom. The van der Waals surface area contributed by atoms with E-state index in [2.05, 4.69) is 16.0 Å². The first kappa shape index (κ1) is 23.8. The second-order valence-corrected chi connectivity index (χ2v) is 5.37. The molecule has 0 aliphatic heterocycles. The lowest BCUT2D eigenvalue weighted by Crippen LogP contribution is -2.53. The van der Waals surface area contributed by atoms with Crippen molar-refractivity contribution in [3.8, 4) is 0 Å². The van der Waals surface area contributed by atoms with E-state index in [0.717, 1.165) is 0 Å². The number of carboxylic acids is 3. The molecule has 0 aromatic heterocycles. The van der Waals surface area contributed by atoms with Crippen LogP contribution in [0.4, 0.5) is 0 Å². The number of carbonyl (C=O) groups is 6. The zero-order chi connectivity index (χ0) is 21.0. The summed E-state index contributed by atoms with van der Waals surface area (Å²) in [6, 6.07) is -2.93. The maximum atomic E-state index is 12.2. The van der Waals surface area contributed by atoms with E-state index in [1.165, 1.54) is 0 Å². The van der Waals surface area contributed by atoms with Gasteiger partial charge in [-0.2, -0.15) is 0 Å². The Balaban J connectivity index is 4.96. The van der Waals surface area contributed by atoms with Gasteiger partial charge in [-0.25, -0.2) is 4.79 Å². The highest BCUT2D eigenvalue weighted by atomic mass is 16.4. The fourth-order valence-corrected chi connectivity index (χ4v) is 1.83. The molecule has 0 spiro atoms. The molecule has 2 unspecified atom stereocenters. The molecule has 0 aromatic rings. The van der Waals surface area contributed by atoms with E-state index >= 15 is 0 Å². The van der Waals surface area contributed by atoms with Crippen molar-refractivity contribution in [3.05, 3.63) is 0 Å². The topological polar surface area (TPSA) is 225 Å². The molecule has 13 nitrogen and oxygen atoms in total. The lowest BCUT2D eigenvalue weighted by atomic mass is 10.1. The van der Waals surface area contributed by atoms with Gasteiger partial charge in [-0.15, -0.1) is 0 Å². The molecule has 0 aliphatic rings. The van der Waals surface area contributed by atoms with Crippen LogP contribution >= 0.6 is 0 Å². The molecule has 13 heteroatoms. The summed E-state index contributed by atoms with van der Waals surface area (Å²) in [4.78, 5) is 67.4. The standard InChI is InChI=1S/C14H22N4O9/c15-5-9(19)16-6-10(20)17-7(1-3-11(21)22)13(25)18-8(14(26)27)2-4-12(23)24/h7-8H,1-6,15H2,(H,16,19)(H,17,20)(H,18,25)(H,21,22)(H,23,24)(H,26,27). The van der Waals surface area contributed by atoms with E-state index in [9.17, 15) is 28.8 Å². The molecule has 0 saturated heterocycles. The monoisotopic (exact) mass is 390 g/mol. The number of carboxylic acid groups (broad SMARTS) is 3. The SMILES string of the molecule is NCC(=O)NCC(=O)NC(CCC(=O)O)C(=O)NC(CCC(=O)O)C(=O)O. The summed E-state index contributed by atoms with van der Waals surface area (Å²) in [6.07, 6.45) is -1.76. The Labute approximate surface area is 153 Å². The number of carbonyl (C=O) groups excluding carboxylic acids is 3. The molecule has 0 heterocycles. The number of hydrogen-bond acceptors (Lipinski definition) is 7. The van der Waals surface area contributed by atoms with E-state index in [1.54, 1.807) is 0 Å². The minimum Gasteiger partial charge on any atom is -0.481 e. The van der Waals surface area contributed by atoms with Crippen LogP contribution in [0, 0.1) is 0 Å². The van der Waals surface area contributed by atoms with Crippen LogP contribution in [-0.2, 0) is 28.8 Å². The third kappa shape index (κ3) is 11.1. The predicted octanol–water partition coefficient (Wildman–Crippen LogP) is -3.15. The van der Waals surface area contributed by atoms with Crippen molar-refractivity contribution in [2.75, 3.05) is 13.1 Å². The summed E-state index contributed by atoms with van der Waals surface area (Å²) < 4.78 is 0. The van der Waals surface area contributed by atoms with Crippen molar-refractivity contribution in [2.24, 2.45) is 5.73 Å². The summed E-state index contributed by atoms with van der Waals surface area (Å²) in [6.45, 7) is -0.881. The molecule has 152 valence electrons. The Bertz CT molecular complexity index is 593. The van der Waals surface area contributed by atoms with Crippen LogP contribution in [0.2, 0.25) is 0 Å². The van der Waals surface area contributed by atoms with Crippen LogP contribution in [0.15, 0.2) is 0 Å². The average Bonchev–Trinajstić information content (AvgIpc) is 2.58. The predicted molar refractivity (Wildman–Crippen MR) is 87.3 cm³/mol. The summed E-state index contributed by atoms with van der Waals surface area (Å²) in [5.41, 5.74) is 5.05. The lowest BCUT2D eigenvalue weighted by Gasteiger charge is -2.21. The van der Waals surface area contributed by atoms with Crippen molar-refractivity contribution >= 4 is 35.6 Å². The van der Waals surface area contributed by atoms with Crippen LogP contribution in [0.5, 0.6) is 0 Å². The zero-order valence-corrected chi connectivity index (χ0v) is 14.3. The van der Waals surface area contributed by atoms with Crippen LogP contribution in [0.1, 0.15) is 25.7 Å². The molecule has 0 aromatic carbocycles. The molecule has 0 aliphatic carbocycles. The van der Waals surface area contributed by atoms with Gasteiger partial charge in [0.05, 0.1) is 13.1 Å². The number of rotatable bonds is 13. The van der Waals surface area contributed by atoms with Crippen molar-refractivity contribution in [1.82, 2.24) is 16.0 Å². The van der Waals surface area contributed by atoms with Gasteiger partial charge >= 0.3 is 17.9 Å². The molecule has 8 N–H and O–H groups in total. The van der Waals surface area contributed by atoms with E-state index < -0.39 is 73.5 Å². The van der Waals surface area contributed by atoms with Gasteiger partial charge in [-0.3, -0.25) is 24.0 Å². The van der Waals surface area contributed by atoms with Gasteiger partial charge in [0, 0.05) is 12.8 Å². The van der Waals surface area contributed by atoms with Crippen molar-refractivity contribution in [1.29, 1.82) is 0 Å². The molecule has 27 heavy (non-hydrogen) atoms. The Morgan fingerprint density at radius 3 is 1.74 bits per heavy atom. The minimum absolute atomic E-state index is 0.344. The van der Waals surface area contributed by atoms with E-state index in [-0.39, 0.29) is 13.0 Å². The average molecular weight is 390 g/mol. The highest BCUT2D eigenvalue weighted by Gasteiger charge is 2.27. The quantitative estimate of drug-likeness (QED) is 0.167. The maximum Gasteiger partial charge on any atom is 0.326 e. The van der Waals surface area contributed by atoms with E-state index in [1.807, 2.05) is 0 Å². The van der Waals surface area contributed by atoms with Crippen LogP contribution in [0.3, 0.4) is 0 Å². The molecule has 0 rings (SSSR count). The Kier molecular flexibility index (Phi) is 10.7. The third-order valence-electron chi connectivity index (χ3n) is 3.19. The number of amides is 3. The van der Waals surface area contributed by atoms with Crippen molar-refractivity contribution in [3.63, 3.8) is 0 Å². The van der Waals surface area contributed by atoms with Gasteiger partial charge < -0.3 is 37.0 Å². The highest BCUT2D eigenvalue weighted by molar-refractivity contribution is 5.92. The first-order valence-electron chi connectivity index (χ1n) is 7.79. The van der Waals surface area contributed by atoms with E-state index in [4.69, 9.17) is 21.1 Å². The molecule has 2 atom stereocenters. The molecule has 0 bridgehead atoms. The maximum absolute atomic E-state index is 12.2.